The lowest BCUT2D eigenvalue weighted by molar-refractivity contribution is -0.0314. The third kappa shape index (κ3) is 2.87. The molecular formula is C12H18N2O3. The van der Waals surface area contributed by atoms with Gasteiger partial charge in [0, 0.05) is 19.3 Å². The predicted molar refractivity (Wildman–Crippen MR) is 62.6 cm³/mol. The number of ether oxygens (including phenoxy) is 1. The Morgan fingerprint density at radius 2 is 2.41 bits per heavy atom. The number of aromatic nitrogens is 1. The molecule has 0 aliphatic heterocycles. The molecule has 1 aliphatic carbocycles. The Morgan fingerprint density at radius 1 is 1.65 bits per heavy atom. The van der Waals surface area contributed by atoms with Crippen molar-refractivity contribution >= 4 is 5.97 Å². The highest BCUT2D eigenvalue weighted by Crippen LogP contribution is 2.30. The van der Waals surface area contributed by atoms with Crippen LogP contribution in [0.15, 0.2) is 12.3 Å². The zero-order valence-corrected chi connectivity index (χ0v) is 9.95. The highest BCUT2D eigenvalue weighted by molar-refractivity contribution is 5.87. The molecule has 0 radical (unpaired) electrons. The van der Waals surface area contributed by atoms with Crippen LogP contribution < -0.4 is 5.32 Å². The van der Waals surface area contributed by atoms with Gasteiger partial charge in [0.05, 0.1) is 12.7 Å². The fourth-order valence-electron chi connectivity index (χ4n) is 1.97. The van der Waals surface area contributed by atoms with Crippen molar-refractivity contribution in [2.24, 2.45) is 0 Å². The third-order valence-corrected chi connectivity index (χ3v) is 3.22. The minimum atomic E-state index is -0.512. The lowest BCUT2D eigenvalue weighted by Gasteiger charge is -2.36. The topological polar surface area (TPSA) is 74.3 Å². The molecule has 1 aliphatic rings. The lowest BCUT2D eigenvalue weighted by Crippen LogP contribution is -2.45. The number of methoxy groups -OCH3 is 1. The maximum atomic E-state index is 11.2. The molecule has 5 heteroatoms. The first kappa shape index (κ1) is 12.1. The summed E-state index contributed by atoms with van der Waals surface area (Å²) in [5, 5.41) is 13.1. The van der Waals surface area contributed by atoms with Crippen molar-refractivity contribution in [3.05, 3.63) is 23.5 Å². The lowest BCUT2D eigenvalue weighted by atomic mass is 9.80. The molecule has 0 saturated heterocycles. The van der Waals surface area contributed by atoms with Crippen molar-refractivity contribution in [3.63, 3.8) is 0 Å². The first-order valence-electron chi connectivity index (χ1n) is 5.82. The number of aliphatic hydroxyl groups is 1. The van der Waals surface area contributed by atoms with Gasteiger partial charge < -0.3 is 20.1 Å². The van der Waals surface area contributed by atoms with Crippen LogP contribution in [0.25, 0.3) is 0 Å². The molecule has 1 fully saturated rings. The van der Waals surface area contributed by atoms with Crippen molar-refractivity contribution in [2.75, 3.05) is 13.7 Å². The summed E-state index contributed by atoms with van der Waals surface area (Å²) in [5.41, 5.74) is 0.918. The molecule has 0 spiro atoms. The van der Waals surface area contributed by atoms with Crippen molar-refractivity contribution in [3.8, 4) is 0 Å². The molecule has 0 aromatic carbocycles. The van der Waals surface area contributed by atoms with Gasteiger partial charge >= 0.3 is 5.97 Å². The molecule has 1 heterocycles. The van der Waals surface area contributed by atoms with E-state index in [1.165, 1.54) is 7.11 Å². The molecule has 3 N–H and O–H groups in total. The van der Waals surface area contributed by atoms with Crippen LogP contribution in [0.1, 0.15) is 35.3 Å². The molecule has 0 atom stereocenters. The third-order valence-electron chi connectivity index (χ3n) is 3.22. The number of hydrogen-bond acceptors (Lipinski definition) is 4. The number of rotatable bonds is 5. The average Bonchev–Trinajstić information content (AvgIpc) is 2.74. The van der Waals surface area contributed by atoms with Gasteiger partial charge in [0.1, 0.15) is 5.69 Å². The molecule has 0 bridgehead atoms. The molecule has 17 heavy (non-hydrogen) atoms. The van der Waals surface area contributed by atoms with Crippen LogP contribution in [-0.2, 0) is 11.3 Å². The second kappa shape index (κ2) is 4.89. The highest BCUT2D eigenvalue weighted by atomic mass is 16.5. The highest BCUT2D eigenvalue weighted by Gasteiger charge is 2.33. The minimum Gasteiger partial charge on any atom is -0.464 e. The summed E-state index contributed by atoms with van der Waals surface area (Å²) in [6, 6.07) is 1.75. The molecule has 0 amide bonds. The maximum Gasteiger partial charge on any atom is 0.354 e. The molecule has 2 rings (SSSR count). The molecule has 1 aromatic heterocycles. The fourth-order valence-corrected chi connectivity index (χ4v) is 1.97. The number of carbonyl (C=O) groups is 1. The molecular weight excluding hydrogens is 220 g/mol. The van der Waals surface area contributed by atoms with E-state index < -0.39 is 5.60 Å². The van der Waals surface area contributed by atoms with Gasteiger partial charge in [0.2, 0.25) is 0 Å². The van der Waals surface area contributed by atoms with E-state index in [4.69, 9.17) is 0 Å². The number of aromatic amines is 1. The van der Waals surface area contributed by atoms with E-state index in [1.807, 2.05) is 0 Å². The van der Waals surface area contributed by atoms with Crippen LogP contribution in [0.2, 0.25) is 0 Å². The Kier molecular flexibility index (Phi) is 3.49. The van der Waals surface area contributed by atoms with E-state index >= 15 is 0 Å². The standard InChI is InChI=1S/C12H18N2O3/c1-17-11(15)10-5-9(7-14-10)6-13-8-12(16)3-2-4-12/h5,7,13-14,16H,2-4,6,8H2,1H3. The van der Waals surface area contributed by atoms with Crippen LogP contribution in [0, 0.1) is 0 Å². The van der Waals surface area contributed by atoms with Gasteiger partial charge in [-0.1, -0.05) is 0 Å². The van der Waals surface area contributed by atoms with Crippen LogP contribution in [0.5, 0.6) is 0 Å². The predicted octanol–water partition coefficient (Wildman–Crippen LogP) is 0.806. The van der Waals surface area contributed by atoms with E-state index in [2.05, 4.69) is 15.0 Å². The van der Waals surface area contributed by atoms with Gasteiger partial charge in [-0.3, -0.25) is 0 Å². The molecule has 5 nitrogen and oxygen atoms in total. The van der Waals surface area contributed by atoms with E-state index in [-0.39, 0.29) is 5.97 Å². The van der Waals surface area contributed by atoms with E-state index in [9.17, 15) is 9.90 Å². The van der Waals surface area contributed by atoms with Gasteiger partial charge in [-0.05, 0) is 30.9 Å². The Balaban J connectivity index is 1.79. The summed E-state index contributed by atoms with van der Waals surface area (Å²) in [6.45, 7) is 1.24. The fraction of sp³-hybridized carbons (Fsp3) is 0.583. The van der Waals surface area contributed by atoms with E-state index in [1.54, 1.807) is 12.3 Å². The van der Waals surface area contributed by atoms with E-state index in [0.29, 0.717) is 18.8 Å². The summed E-state index contributed by atoms with van der Waals surface area (Å²) < 4.78 is 4.60. The summed E-state index contributed by atoms with van der Waals surface area (Å²) in [6.07, 6.45) is 4.62. The Hall–Kier alpha value is -1.33. The van der Waals surface area contributed by atoms with Crippen LogP contribution >= 0.6 is 0 Å². The number of H-pyrrole nitrogens is 1. The second-order valence-corrected chi connectivity index (χ2v) is 4.59. The zero-order chi connectivity index (χ0) is 12.3. The molecule has 94 valence electrons. The van der Waals surface area contributed by atoms with Gasteiger partial charge in [-0.15, -0.1) is 0 Å². The largest absolute Gasteiger partial charge is 0.464 e. The molecule has 1 saturated carbocycles. The Labute approximate surface area is 100 Å². The summed E-state index contributed by atoms with van der Waals surface area (Å²) >= 11 is 0. The van der Waals surface area contributed by atoms with Gasteiger partial charge in [0.15, 0.2) is 0 Å². The SMILES string of the molecule is COC(=O)c1cc(CNCC2(O)CCC2)c[nH]1. The zero-order valence-electron chi connectivity index (χ0n) is 9.95. The second-order valence-electron chi connectivity index (χ2n) is 4.59. The van der Waals surface area contributed by atoms with Crippen LogP contribution in [0.4, 0.5) is 0 Å². The summed E-state index contributed by atoms with van der Waals surface area (Å²) in [5.74, 6) is -0.367. The first-order valence-corrected chi connectivity index (χ1v) is 5.82. The number of nitrogens with one attached hydrogen (secondary N) is 2. The van der Waals surface area contributed by atoms with Gasteiger partial charge in [-0.25, -0.2) is 4.79 Å². The monoisotopic (exact) mass is 238 g/mol. The Morgan fingerprint density at radius 3 is 3.00 bits per heavy atom. The number of carbonyl (C=O) groups excluding carboxylic acids is 1. The minimum absolute atomic E-state index is 0.367. The number of esters is 1. The van der Waals surface area contributed by atoms with Gasteiger partial charge in [0.25, 0.3) is 0 Å². The summed E-state index contributed by atoms with van der Waals surface area (Å²) in [4.78, 5) is 14.1. The van der Waals surface area contributed by atoms with Crippen LogP contribution in [-0.4, -0.2) is 35.3 Å². The summed E-state index contributed by atoms with van der Waals surface area (Å²) in [7, 11) is 1.35. The van der Waals surface area contributed by atoms with E-state index in [0.717, 1.165) is 24.8 Å². The smallest absolute Gasteiger partial charge is 0.354 e. The van der Waals surface area contributed by atoms with Crippen molar-refractivity contribution < 1.29 is 14.6 Å². The van der Waals surface area contributed by atoms with Gasteiger partial charge in [-0.2, -0.15) is 0 Å². The average molecular weight is 238 g/mol. The Bertz CT molecular complexity index is 396. The first-order chi connectivity index (χ1) is 8.13. The van der Waals surface area contributed by atoms with Crippen molar-refractivity contribution in [1.29, 1.82) is 0 Å². The van der Waals surface area contributed by atoms with Crippen molar-refractivity contribution in [1.82, 2.24) is 10.3 Å². The molecule has 0 unspecified atom stereocenters. The maximum absolute atomic E-state index is 11.2. The normalized spacial score (nSPS) is 17.5. The van der Waals surface area contributed by atoms with Crippen molar-refractivity contribution in [2.45, 2.75) is 31.4 Å². The molecule has 1 aromatic rings. The quantitative estimate of drug-likeness (QED) is 0.663. The van der Waals surface area contributed by atoms with Crippen LogP contribution in [0.3, 0.4) is 0 Å². The number of hydrogen-bond donors (Lipinski definition) is 3.